The molecule has 2 aromatic rings. The van der Waals surface area contributed by atoms with E-state index in [0.29, 0.717) is 0 Å². The minimum atomic E-state index is -0.361. The van der Waals surface area contributed by atoms with Gasteiger partial charge in [-0.15, -0.1) is 0 Å². The summed E-state index contributed by atoms with van der Waals surface area (Å²) >= 11 is 0. The number of benzene rings is 1. The summed E-state index contributed by atoms with van der Waals surface area (Å²) in [4.78, 5) is 13.1. The molecule has 0 N–H and O–H groups in total. The van der Waals surface area contributed by atoms with Crippen molar-refractivity contribution in [2.24, 2.45) is 0 Å². The lowest BCUT2D eigenvalue weighted by Gasteiger charge is -2.23. The van der Waals surface area contributed by atoms with Gasteiger partial charge in [-0.05, 0) is 53.5 Å². The summed E-state index contributed by atoms with van der Waals surface area (Å²) in [6, 6.07) is 10.1. The van der Waals surface area contributed by atoms with E-state index in [1.807, 2.05) is 45.9 Å². The van der Waals surface area contributed by atoms with Gasteiger partial charge in [0.15, 0.2) is 5.76 Å². The summed E-state index contributed by atoms with van der Waals surface area (Å²) in [6.07, 6.45) is 2.05. The molecule has 2 heterocycles. The van der Waals surface area contributed by atoms with Crippen molar-refractivity contribution in [3.05, 3.63) is 41.6 Å². The summed E-state index contributed by atoms with van der Waals surface area (Å²) in [6.45, 7) is 11.4. The maximum Gasteiger partial charge on any atom is 0.410 e. The van der Waals surface area contributed by atoms with E-state index in [1.165, 1.54) is 5.56 Å². The molecule has 0 atom stereocenters. The molecule has 5 heteroatoms. The molecule has 1 fully saturated rings. The molecule has 1 aromatic carbocycles. The van der Waals surface area contributed by atoms with E-state index in [9.17, 15) is 4.79 Å². The van der Waals surface area contributed by atoms with Crippen LogP contribution >= 0.6 is 0 Å². The van der Waals surface area contributed by atoms with Crippen molar-refractivity contribution in [1.29, 1.82) is 0 Å². The zero-order valence-corrected chi connectivity index (χ0v) is 15.8. The number of carbonyl (C=O) groups is 1. The molecule has 0 radical (unpaired) electrons. The first-order chi connectivity index (χ1) is 11.7. The SMILES string of the molecule is CC(C)(C)OC(=O)N1CCCC1.Cc1cccc(-c2cc(C)no2)c1. The van der Waals surface area contributed by atoms with Gasteiger partial charge in [0.1, 0.15) is 5.60 Å². The minimum Gasteiger partial charge on any atom is -0.444 e. The standard InChI is InChI=1S/C11H11NO.C9H17NO2/c1-8-4-3-5-10(6-8)11-7-9(2)12-13-11;1-9(2,3)12-8(11)10-6-4-5-7-10/h3-7H,1-2H3;4-7H2,1-3H3. The molecule has 25 heavy (non-hydrogen) atoms. The summed E-state index contributed by atoms with van der Waals surface area (Å²) < 4.78 is 10.4. The minimum absolute atomic E-state index is 0.167. The number of carbonyl (C=O) groups excluding carboxylic acids is 1. The van der Waals surface area contributed by atoms with Crippen LogP contribution in [0.2, 0.25) is 0 Å². The third kappa shape index (κ3) is 6.25. The van der Waals surface area contributed by atoms with Gasteiger partial charge in [0.25, 0.3) is 0 Å². The molecule has 1 aliphatic rings. The second kappa shape index (κ2) is 8.19. The highest BCUT2D eigenvalue weighted by Crippen LogP contribution is 2.20. The number of likely N-dealkylation sites (tertiary alicyclic amines) is 1. The molecule has 0 bridgehead atoms. The number of hydrogen-bond acceptors (Lipinski definition) is 4. The number of ether oxygens (including phenoxy) is 1. The number of aryl methyl sites for hydroxylation is 2. The highest BCUT2D eigenvalue weighted by atomic mass is 16.6. The Kier molecular flexibility index (Phi) is 6.23. The molecule has 1 aliphatic heterocycles. The Morgan fingerprint density at radius 3 is 2.36 bits per heavy atom. The van der Waals surface area contributed by atoms with Gasteiger partial charge in [0.2, 0.25) is 0 Å². The monoisotopic (exact) mass is 344 g/mol. The van der Waals surface area contributed by atoms with E-state index in [0.717, 1.165) is 42.9 Å². The van der Waals surface area contributed by atoms with Gasteiger partial charge < -0.3 is 14.2 Å². The fourth-order valence-corrected chi connectivity index (χ4v) is 2.52. The van der Waals surface area contributed by atoms with Crippen LogP contribution in [0.1, 0.15) is 44.9 Å². The van der Waals surface area contributed by atoms with Crippen LogP contribution in [0.3, 0.4) is 0 Å². The van der Waals surface area contributed by atoms with E-state index >= 15 is 0 Å². The van der Waals surface area contributed by atoms with E-state index < -0.39 is 0 Å². The predicted molar refractivity (Wildman–Crippen MR) is 98.5 cm³/mol. The van der Waals surface area contributed by atoms with Crippen molar-refractivity contribution in [3.63, 3.8) is 0 Å². The van der Waals surface area contributed by atoms with Crippen molar-refractivity contribution in [3.8, 4) is 11.3 Å². The van der Waals surface area contributed by atoms with E-state index in [-0.39, 0.29) is 11.7 Å². The molecular weight excluding hydrogens is 316 g/mol. The zero-order valence-electron chi connectivity index (χ0n) is 15.8. The third-order valence-electron chi connectivity index (χ3n) is 3.69. The van der Waals surface area contributed by atoms with Crippen LogP contribution in [0.5, 0.6) is 0 Å². The molecule has 0 unspecified atom stereocenters. The predicted octanol–water partition coefficient (Wildman–Crippen LogP) is 4.98. The van der Waals surface area contributed by atoms with Crippen LogP contribution in [0.15, 0.2) is 34.9 Å². The summed E-state index contributed by atoms with van der Waals surface area (Å²) in [5.41, 5.74) is 2.86. The van der Waals surface area contributed by atoms with Crippen LogP contribution in [-0.2, 0) is 4.74 Å². The van der Waals surface area contributed by atoms with Crippen LogP contribution in [-0.4, -0.2) is 34.8 Å². The molecule has 1 aromatic heterocycles. The van der Waals surface area contributed by atoms with Gasteiger partial charge in [-0.25, -0.2) is 4.79 Å². The van der Waals surface area contributed by atoms with Gasteiger partial charge in [0, 0.05) is 24.7 Å². The van der Waals surface area contributed by atoms with Crippen molar-refractivity contribution >= 4 is 6.09 Å². The first kappa shape index (κ1) is 19.0. The first-order valence-corrected chi connectivity index (χ1v) is 8.73. The molecule has 0 aliphatic carbocycles. The molecule has 1 amide bonds. The fraction of sp³-hybridized carbons (Fsp3) is 0.500. The zero-order chi connectivity index (χ0) is 18.4. The number of aromatic nitrogens is 1. The Labute approximate surface area is 150 Å². The maximum atomic E-state index is 11.4. The second-order valence-electron chi connectivity index (χ2n) is 7.38. The molecule has 0 saturated carbocycles. The highest BCUT2D eigenvalue weighted by molar-refractivity contribution is 5.68. The summed E-state index contributed by atoms with van der Waals surface area (Å²) in [7, 11) is 0. The normalized spacial score (nSPS) is 14.0. The lowest BCUT2D eigenvalue weighted by Crippen LogP contribution is -2.34. The smallest absolute Gasteiger partial charge is 0.410 e. The van der Waals surface area contributed by atoms with Gasteiger partial charge >= 0.3 is 6.09 Å². The quantitative estimate of drug-likeness (QED) is 0.732. The third-order valence-corrected chi connectivity index (χ3v) is 3.69. The van der Waals surface area contributed by atoms with Crippen LogP contribution < -0.4 is 0 Å². The fourth-order valence-electron chi connectivity index (χ4n) is 2.52. The molecule has 5 nitrogen and oxygen atoms in total. The molecule has 1 saturated heterocycles. The molecule has 3 rings (SSSR count). The Balaban J connectivity index is 0.000000181. The van der Waals surface area contributed by atoms with Crippen LogP contribution in [0, 0.1) is 13.8 Å². The second-order valence-corrected chi connectivity index (χ2v) is 7.38. The summed E-state index contributed by atoms with van der Waals surface area (Å²) in [5, 5.41) is 3.85. The molecule has 136 valence electrons. The number of hydrogen-bond donors (Lipinski definition) is 0. The van der Waals surface area contributed by atoms with Gasteiger partial charge in [-0.2, -0.15) is 0 Å². The largest absolute Gasteiger partial charge is 0.444 e. The van der Waals surface area contributed by atoms with Gasteiger partial charge in [-0.3, -0.25) is 0 Å². The van der Waals surface area contributed by atoms with Crippen molar-refractivity contribution in [2.45, 2.75) is 53.1 Å². The average molecular weight is 344 g/mol. The van der Waals surface area contributed by atoms with E-state index in [2.05, 4.69) is 24.2 Å². The van der Waals surface area contributed by atoms with E-state index in [4.69, 9.17) is 9.26 Å². The summed E-state index contributed by atoms with van der Waals surface area (Å²) in [5.74, 6) is 0.834. The first-order valence-electron chi connectivity index (χ1n) is 8.73. The lowest BCUT2D eigenvalue weighted by atomic mass is 10.1. The maximum absolute atomic E-state index is 11.4. The Morgan fingerprint density at radius 1 is 1.16 bits per heavy atom. The van der Waals surface area contributed by atoms with Crippen molar-refractivity contribution in [2.75, 3.05) is 13.1 Å². The number of nitrogens with zero attached hydrogens (tertiary/aromatic N) is 2. The Hall–Kier alpha value is -2.30. The number of amides is 1. The average Bonchev–Trinajstić information content (AvgIpc) is 3.17. The topological polar surface area (TPSA) is 55.6 Å². The number of rotatable bonds is 1. The Bertz CT molecular complexity index is 695. The Morgan fingerprint density at radius 2 is 1.84 bits per heavy atom. The van der Waals surface area contributed by atoms with E-state index in [1.54, 1.807) is 4.90 Å². The van der Waals surface area contributed by atoms with Gasteiger partial charge in [0.05, 0.1) is 5.69 Å². The van der Waals surface area contributed by atoms with Gasteiger partial charge in [-0.1, -0.05) is 28.9 Å². The molecule has 0 spiro atoms. The van der Waals surface area contributed by atoms with Crippen LogP contribution in [0.4, 0.5) is 4.79 Å². The van der Waals surface area contributed by atoms with Crippen molar-refractivity contribution < 1.29 is 14.1 Å². The lowest BCUT2D eigenvalue weighted by molar-refractivity contribution is 0.0295. The van der Waals surface area contributed by atoms with Crippen LogP contribution in [0.25, 0.3) is 11.3 Å². The van der Waals surface area contributed by atoms with Crippen molar-refractivity contribution in [1.82, 2.24) is 10.1 Å². The highest BCUT2D eigenvalue weighted by Gasteiger charge is 2.23. The molecular formula is C20H28N2O3.